The zero-order chi connectivity index (χ0) is 11.2. The standard InChI is InChI=1S/C13H12N2S/c14-9-12(13-7-4-8-16-13)15-10-11-5-2-1-3-6-11/h1-8,12,15H,10H2. The van der Waals surface area contributed by atoms with E-state index in [2.05, 4.69) is 23.5 Å². The molecule has 2 aromatic rings. The summed E-state index contributed by atoms with van der Waals surface area (Å²) in [5.41, 5.74) is 1.19. The van der Waals surface area contributed by atoms with Crippen LogP contribution in [-0.4, -0.2) is 0 Å². The van der Waals surface area contributed by atoms with Crippen LogP contribution in [-0.2, 0) is 6.54 Å². The van der Waals surface area contributed by atoms with Crippen LogP contribution in [0.2, 0.25) is 0 Å². The Labute approximate surface area is 99.2 Å². The molecule has 1 aromatic heterocycles. The normalized spacial score (nSPS) is 11.9. The number of nitrogens with one attached hydrogen (secondary N) is 1. The molecule has 1 atom stereocenters. The van der Waals surface area contributed by atoms with Crippen molar-refractivity contribution >= 4 is 11.3 Å². The lowest BCUT2D eigenvalue weighted by Crippen LogP contribution is -2.18. The molecule has 1 aromatic carbocycles. The highest BCUT2D eigenvalue weighted by molar-refractivity contribution is 7.10. The van der Waals surface area contributed by atoms with Crippen molar-refractivity contribution in [1.29, 1.82) is 5.26 Å². The van der Waals surface area contributed by atoms with Crippen molar-refractivity contribution in [3.05, 3.63) is 58.3 Å². The Hall–Kier alpha value is -1.63. The van der Waals surface area contributed by atoms with Crippen LogP contribution >= 0.6 is 11.3 Å². The maximum atomic E-state index is 9.07. The minimum Gasteiger partial charge on any atom is -0.293 e. The van der Waals surface area contributed by atoms with Crippen molar-refractivity contribution in [2.45, 2.75) is 12.6 Å². The van der Waals surface area contributed by atoms with Crippen LogP contribution in [0.25, 0.3) is 0 Å². The van der Waals surface area contributed by atoms with Crippen LogP contribution < -0.4 is 5.32 Å². The van der Waals surface area contributed by atoms with E-state index in [0.717, 1.165) is 11.4 Å². The monoisotopic (exact) mass is 228 g/mol. The summed E-state index contributed by atoms with van der Waals surface area (Å²) < 4.78 is 0. The molecule has 1 N–H and O–H groups in total. The predicted molar refractivity (Wildman–Crippen MR) is 66.0 cm³/mol. The van der Waals surface area contributed by atoms with Crippen molar-refractivity contribution in [2.75, 3.05) is 0 Å². The second-order valence-corrected chi connectivity index (χ2v) is 4.42. The fraction of sp³-hybridized carbons (Fsp3) is 0.154. The smallest absolute Gasteiger partial charge is 0.130 e. The van der Waals surface area contributed by atoms with Gasteiger partial charge in [-0.25, -0.2) is 0 Å². The summed E-state index contributed by atoms with van der Waals surface area (Å²) in [4.78, 5) is 1.07. The molecule has 2 nitrogen and oxygen atoms in total. The quantitative estimate of drug-likeness (QED) is 0.872. The summed E-state index contributed by atoms with van der Waals surface area (Å²) in [7, 11) is 0. The van der Waals surface area contributed by atoms with E-state index >= 15 is 0 Å². The molecule has 0 fully saturated rings. The molecule has 0 aliphatic carbocycles. The molecule has 1 unspecified atom stereocenters. The second kappa shape index (κ2) is 5.45. The summed E-state index contributed by atoms with van der Waals surface area (Å²) in [6, 6.07) is 16.1. The Morgan fingerprint density at radius 3 is 2.62 bits per heavy atom. The van der Waals surface area contributed by atoms with Crippen LogP contribution in [0.4, 0.5) is 0 Å². The largest absolute Gasteiger partial charge is 0.293 e. The van der Waals surface area contributed by atoms with Gasteiger partial charge in [0.1, 0.15) is 6.04 Å². The number of nitrogens with zero attached hydrogens (tertiary/aromatic N) is 1. The molecule has 80 valence electrons. The number of rotatable bonds is 4. The third kappa shape index (κ3) is 2.69. The molecule has 3 heteroatoms. The van der Waals surface area contributed by atoms with Gasteiger partial charge in [-0.2, -0.15) is 5.26 Å². The third-order valence-electron chi connectivity index (χ3n) is 2.31. The van der Waals surface area contributed by atoms with Crippen LogP contribution in [0.3, 0.4) is 0 Å². The maximum absolute atomic E-state index is 9.07. The lowest BCUT2D eigenvalue weighted by atomic mass is 10.2. The zero-order valence-corrected chi connectivity index (χ0v) is 9.58. The number of hydrogen-bond acceptors (Lipinski definition) is 3. The molecule has 16 heavy (non-hydrogen) atoms. The second-order valence-electron chi connectivity index (χ2n) is 3.44. The van der Waals surface area contributed by atoms with Gasteiger partial charge in [-0.05, 0) is 17.0 Å². The lowest BCUT2D eigenvalue weighted by molar-refractivity contribution is 0.638. The van der Waals surface area contributed by atoms with Gasteiger partial charge >= 0.3 is 0 Å². The van der Waals surface area contributed by atoms with Crippen LogP contribution in [0, 0.1) is 11.3 Å². The van der Waals surface area contributed by atoms with Crippen LogP contribution in [0.15, 0.2) is 47.8 Å². The first-order chi connectivity index (χ1) is 7.90. The molecular weight excluding hydrogens is 216 g/mol. The number of benzene rings is 1. The minimum atomic E-state index is -0.208. The topological polar surface area (TPSA) is 35.8 Å². The van der Waals surface area contributed by atoms with Crippen molar-refractivity contribution in [3.8, 4) is 6.07 Å². The first-order valence-corrected chi connectivity index (χ1v) is 5.98. The molecule has 0 saturated carbocycles. The first kappa shape index (κ1) is 10.9. The summed E-state index contributed by atoms with van der Waals surface area (Å²) in [6.07, 6.45) is 0. The van der Waals surface area contributed by atoms with E-state index in [1.807, 2.05) is 35.7 Å². The van der Waals surface area contributed by atoms with Crippen molar-refractivity contribution < 1.29 is 0 Å². The van der Waals surface area contributed by atoms with Gasteiger partial charge in [-0.15, -0.1) is 11.3 Å². The summed E-state index contributed by atoms with van der Waals surface area (Å²) in [5, 5.41) is 14.3. The molecule has 1 heterocycles. The fourth-order valence-electron chi connectivity index (χ4n) is 1.48. The lowest BCUT2D eigenvalue weighted by Gasteiger charge is -2.09. The predicted octanol–water partition coefficient (Wildman–Crippen LogP) is 3.10. The van der Waals surface area contributed by atoms with E-state index in [1.54, 1.807) is 11.3 Å². The van der Waals surface area contributed by atoms with Crippen molar-refractivity contribution in [3.63, 3.8) is 0 Å². The van der Waals surface area contributed by atoms with Crippen molar-refractivity contribution in [1.82, 2.24) is 5.32 Å². The molecule has 0 radical (unpaired) electrons. The van der Waals surface area contributed by atoms with Crippen molar-refractivity contribution in [2.24, 2.45) is 0 Å². The molecule has 2 rings (SSSR count). The van der Waals surface area contributed by atoms with E-state index < -0.39 is 0 Å². The maximum Gasteiger partial charge on any atom is 0.130 e. The van der Waals surface area contributed by atoms with Gasteiger partial charge in [0.25, 0.3) is 0 Å². The third-order valence-corrected chi connectivity index (χ3v) is 3.25. The minimum absolute atomic E-state index is 0.208. The van der Waals surface area contributed by atoms with Gasteiger partial charge in [0.2, 0.25) is 0 Å². The van der Waals surface area contributed by atoms with E-state index in [1.165, 1.54) is 5.56 Å². The van der Waals surface area contributed by atoms with Gasteiger partial charge in [0.05, 0.1) is 6.07 Å². The average molecular weight is 228 g/mol. The van der Waals surface area contributed by atoms with E-state index in [4.69, 9.17) is 5.26 Å². The highest BCUT2D eigenvalue weighted by Crippen LogP contribution is 2.18. The fourth-order valence-corrected chi connectivity index (χ4v) is 2.22. The number of thiophene rings is 1. The van der Waals surface area contributed by atoms with Gasteiger partial charge in [-0.3, -0.25) is 5.32 Å². The van der Waals surface area contributed by atoms with E-state index in [-0.39, 0.29) is 6.04 Å². The number of nitriles is 1. The first-order valence-electron chi connectivity index (χ1n) is 5.10. The van der Waals surface area contributed by atoms with E-state index in [9.17, 15) is 0 Å². The van der Waals surface area contributed by atoms with Crippen LogP contribution in [0.5, 0.6) is 0 Å². The van der Waals surface area contributed by atoms with Gasteiger partial charge in [-0.1, -0.05) is 36.4 Å². The Bertz CT molecular complexity index is 456. The molecular formula is C13H12N2S. The van der Waals surface area contributed by atoms with Crippen LogP contribution in [0.1, 0.15) is 16.5 Å². The molecule has 0 spiro atoms. The Balaban J connectivity index is 1.97. The molecule has 0 bridgehead atoms. The SMILES string of the molecule is N#CC(NCc1ccccc1)c1cccs1. The van der Waals surface area contributed by atoms with Gasteiger partial charge in [0, 0.05) is 11.4 Å². The summed E-state index contributed by atoms with van der Waals surface area (Å²) >= 11 is 1.61. The molecule has 0 saturated heterocycles. The van der Waals surface area contributed by atoms with Gasteiger partial charge in [0.15, 0.2) is 0 Å². The van der Waals surface area contributed by atoms with Gasteiger partial charge < -0.3 is 0 Å². The summed E-state index contributed by atoms with van der Waals surface area (Å²) in [6.45, 7) is 0.719. The molecule has 0 amide bonds. The average Bonchev–Trinajstić information content (AvgIpc) is 2.85. The highest BCUT2D eigenvalue weighted by Gasteiger charge is 2.09. The molecule has 0 aliphatic heterocycles. The Kier molecular flexibility index (Phi) is 3.71. The Morgan fingerprint density at radius 1 is 1.19 bits per heavy atom. The summed E-state index contributed by atoms with van der Waals surface area (Å²) in [5.74, 6) is 0. The zero-order valence-electron chi connectivity index (χ0n) is 8.76. The van der Waals surface area contributed by atoms with E-state index in [0.29, 0.717) is 0 Å². The number of hydrogen-bond donors (Lipinski definition) is 1. The Morgan fingerprint density at radius 2 is 2.00 bits per heavy atom. The molecule has 0 aliphatic rings. The highest BCUT2D eigenvalue weighted by atomic mass is 32.1.